The maximum Gasteiger partial charge on any atom is 0.243 e. The summed E-state index contributed by atoms with van der Waals surface area (Å²) in [6.45, 7) is 4.94. The lowest BCUT2D eigenvalue weighted by atomic mass is 10.2. The van der Waals surface area contributed by atoms with Crippen LogP contribution in [0.3, 0.4) is 0 Å². The van der Waals surface area contributed by atoms with Crippen molar-refractivity contribution in [3.63, 3.8) is 0 Å². The molecule has 1 N–H and O–H groups in total. The van der Waals surface area contributed by atoms with Gasteiger partial charge in [0.1, 0.15) is 5.75 Å². The number of methoxy groups -OCH3 is 1. The topological polar surface area (TPSA) is 91.4 Å². The molecule has 0 atom stereocenters. The van der Waals surface area contributed by atoms with E-state index in [1.165, 1.54) is 16.4 Å². The first-order valence-corrected chi connectivity index (χ1v) is 12.5. The largest absolute Gasteiger partial charge is 0.495 e. The van der Waals surface area contributed by atoms with Gasteiger partial charge >= 0.3 is 0 Å². The second-order valence-corrected chi connectivity index (χ2v) is 9.96. The quantitative estimate of drug-likeness (QED) is 0.650. The van der Waals surface area contributed by atoms with Gasteiger partial charge in [-0.15, -0.1) is 0 Å². The molecule has 33 heavy (non-hydrogen) atoms. The summed E-state index contributed by atoms with van der Waals surface area (Å²) in [5.74, 6) is 0.729. The van der Waals surface area contributed by atoms with Crippen molar-refractivity contribution in [2.24, 2.45) is 0 Å². The molecule has 2 aromatic carbocycles. The van der Waals surface area contributed by atoms with Crippen molar-refractivity contribution in [1.82, 2.24) is 9.21 Å². The molecule has 2 heterocycles. The number of amides is 1. The average molecular weight is 475 g/mol. The van der Waals surface area contributed by atoms with Gasteiger partial charge in [-0.05, 0) is 36.4 Å². The second-order valence-electron chi connectivity index (χ2n) is 8.02. The molecule has 0 spiro atoms. The molecule has 2 aliphatic heterocycles. The summed E-state index contributed by atoms with van der Waals surface area (Å²) in [5.41, 5.74) is 1.64. The first-order valence-electron chi connectivity index (χ1n) is 11.1. The smallest absolute Gasteiger partial charge is 0.243 e. The van der Waals surface area contributed by atoms with Crippen LogP contribution in [0.5, 0.6) is 5.75 Å². The molecule has 0 aliphatic carbocycles. The van der Waals surface area contributed by atoms with Crippen LogP contribution in [0, 0.1) is 0 Å². The summed E-state index contributed by atoms with van der Waals surface area (Å²) in [5, 5.41) is 2.87. The SMILES string of the molecule is COc1ccccc1N1CCN(CC(=O)Nc2ccc(S(=O)(=O)N3CCOCC3)cc2)CC1. The molecule has 0 radical (unpaired) electrons. The van der Waals surface area contributed by atoms with E-state index in [1.54, 1.807) is 19.2 Å². The molecule has 0 saturated carbocycles. The number of carbonyl (C=O) groups excluding carboxylic acids is 1. The Bertz CT molecular complexity index is 1050. The standard InChI is InChI=1S/C23H30N4O5S/c1-31-22-5-3-2-4-21(22)26-12-10-25(11-13-26)18-23(28)24-19-6-8-20(9-7-19)33(29,30)27-14-16-32-17-15-27/h2-9H,10-18H2,1H3,(H,24,28). The maximum absolute atomic E-state index is 12.7. The van der Waals surface area contributed by atoms with Crippen LogP contribution in [-0.4, -0.2) is 89.7 Å². The van der Waals surface area contributed by atoms with Gasteiger partial charge in [0.15, 0.2) is 0 Å². The lowest BCUT2D eigenvalue weighted by Crippen LogP contribution is -2.48. The third kappa shape index (κ3) is 5.64. The second kappa shape index (κ2) is 10.5. The predicted octanol–water partition coefficient (Wildman–Crippen LogP) is 1.48. The highest BCUT2D eigenvalue weighted by atomic mass is 32.2. The maximum atomic E-state index is 12.7. The molecule has 2 aliphatic rings. The Morgan fingerprint density at radius 1 is 0.970 bits per heavy atom. The zero-order valence-corrected chi connectivity index (χ0v) is 19.6. The molecule has 0 bridgehead atoms. The van der Waals surface area contributed by atoms with Crippen LogP contribution in [0.15, 0.2) is 53.4 Å². The molecule has 9 nitrogen and oxygen atoms in total. The van der Waals surface area contributed by atoms with Crippen LogP contribution in [0.2, 0.25) is 0 Å². The molecule has 2 saturated heterocycles. The van der Waals surface area contributed by atoms with Gasteiger partial charge in [-0.25, -0.2) is 8.42 Å². The van der Waals surface area contributed by atoms with E-state index in [0.717, 1.165) is 37.6 Å². The molecule has 1 amide bonds. The van der Waals surface area contributed by atoms with Gasteiger partial charge in [0.05, 0.1) is 37.5 Å². The molecule has 4 rings (SSSR count). The number of nitrogens with one attached hydrogen (secondary N) is 1. The normalized spacial score (nSPS) is 18.2. The minimum atomic E-state index is -3.54. The van der Waals surface area contributed by atoms with Crippen LogP contribution in [0.4, 0.5) is 11.4 Å². The van der Waals surface area contributed by atoms with Gasteiger partial charge in [-0.2, -0.15) is 4.31 Å². The number of rotatable bonds is 7. The summed E-state index contributed by atoms with van der Waals surface area (Å²) in [4.78, 5) is 17.1. The number of hydrogen-bond acceptors (Lipinski definition) is 7. The van der Waals surface area contributed by atoms with E-state index in [0.29, 0.717) is 32.0 Å². The molecule has 178 valence electrons. The Kier molecular flexibility index (Phi) is 7.49. The number of ether oxygens (including phenoxy) is 2. The highest BCUT2D eigenvalue weighted by molar-refractivity contribution is 7.89. The van der Waals surface area contributed by atoms with E-state index in [4.69, 9.17) is 9.47 Å². The minimum Gasteiger partial charge on any atom is -0.495 e. The Labute approximate surface area is 194 Å². The summed E-state index contributed by atoms with van der Waals surface area (Å²) in [7, 11) is -1.87. The summed E-state index contributed by atoms with van der Waals surface area (Å²) in [6, 6.07) is 14.3. The highest BCUT2D eigenvalue weighted by Gasteiger charge is 2.26. The number of anilines is 2. The van der Waals surface area contributed by atoms with Crippen LogP contribution >= 0.6 is 0 Å². The number of hydrogen-bond donors (Lipinski definition) is 1. The number of sulfonamides is 1. The van der Waals surface area contributed by atoms with Crippen molar-refractivity contribution < 1.29 is 22.7 Å². The fourth-order valence-electron chi connectivity index (χ4n) is 4.09. The van der Waals surface area contributed by atoms with Crippen LogP contribution in [0.1, 0.15) is 0 Å². The van der Waals surface area contributed by atoms with E-state index in [1.807, 2.05) is 24.3 Å². The lowest BCUT2D eigenvalue weighted by Gasteiger charge is -2.36. The van der Waals surface area contributed by atoms with Gasteiger partial charge in [-0.1, -0.05) is 12.1 Å². The molecule has 0 unspecified atom stereocenters. The molecular weight excluding hydrogens is 444 g/mol. The summed E-state index contributed by atoms with van der Waals surface area (Å²) in [6.07, 6.45) is 0. The Hall–Kier alpha value is -2.66. The average Bonchev–Trinajstić information content (AvgIpc) is 2.85. The van der Waals surface area contributed by atoms with Crippen LogP contribution < -0.4 is 15.0 Å². The number of para-hydroxylation sites is 2. The van der Waals surface area contributed by atoms with Crippen molar-refractivity contribution in [2.45, 2.75) is 4.90 Å². The predicted molar refractivity (Wildman–Crippen MR) is 126 cm³/mol. The third-order valence-electron chi connectivity index (χ3n) is 5.91. The number of piperazine rings is 1. The lowest BCUT2D eigenvalue weighted by molar-refractivity contribution is -0.117. The first-order chi connectivity index (χ1) is 16.0. The fraction of sp³-hybridized carbons (Fsp3) is 0.435. The van der Waals surface area contributed by atoms with E-state index < -0.39 is 10.0 Å². The minimum absolute atomic E-state index is 0.121. The fourth-order valence-corrected chi connectivity index (χ4v) is 5.50. The van der Waals surface area contributed by atoms with Crippen molar-refractivity contribution in [1.29, 1.82) is 0 Å². The number of nitrogens with zero attached hydrogens (tertiary/aromatic N) is 3. The van der Waals surface area contributed by atoms with E-state index in [-0.39, 0.29) is 17.3 Å². The summed E-state index contributed by atoms with van der Waals surface area (Å²) < 4.78 is 37.5. The molecule has 2 fully saturated rings. The molecule has 2 aromatic rings. The van der Waals surface area contributed by atoms with Gasteiger partial charge in [0.25, 0.3) is 0 Å². The number of benzene rings is 2. The van der Waals surface area contributed by atoms with E-state index in [9.17, 15) is 13.2 Å². The van der Waals surface area contributed by atoms with Gasteiger partial charge in [0, 0.05) is 45.0 Å². The van der Waals surface area contributed by atoms with Crippen molar-refractivity contribution in [3.8, 4) is 5.75 Å². The number of morpholine rings is 1. The van der Waals surface area contributed by atoms with Gasteiger partial charge in [-0.3, -0.25) is 9.69 Å². The zero-order chi connectivity index (χ0) is 23.3. The van der Waals surface area contributed by atoms with Crippen molar-refractivity contribution >= 4 is 27.3 Å². The number of carbonyl (C=O) groups is 1. The highest BCUT2D eigenvalue weighted by Crippen LogP contribution is 2.28. The third-order valence-corrected chi connectivity index (χ3v) is 7.82. The zero-order valence-electron chi connectivity index (χ0n) is 18.8. The van der Waals surface area contributed by atoms with Crippen LogP contribution in [-0.2, 0) is 19.6 Å². The van der Waals surface area contributed by atoms with E-state index in [2.05, 4.69) is 15.1 Å². The first kappa shape index (κ1) is 23.5. The Balaban J connectivity index is 1.28. The molecular formula is C23H30N4O5S. The summed E-state index contributed by atoms with van der Waals surface area (Å²) >= 11 is 0. The molecule has 0 aromatic heterocycles. The van der Waals surface area contributed by atoms with Crippen molar-refractivity contribution in [3.05, 3.63) is 48.5 Å². The van der Waals surface area contributed by atoms with Gasteiger partial charge < -0.3 is 19.7 Å². The monoisotopic (exact) mass is 474 g/mol. The Morgan fingerprint density at radius 2 is 1.64 bits per heavy atom. The van der Waals surface area contributed by atoms with Crippen LogP contribution in [0.25, 0.3) is 0 Å². The Morgan fingerprint density at radius 3 is 2.30 bits per heavy atom. The molecule has 10 heteroatoms. The van der Waals surface area contributed by atoms with Gasteiger partial charge in [0.2, 0.25) is 15.9 Å². The van der Waals surface area contributed by atoms with Crippen molar-refractivity contribution in [2.75, 3.05) is 76.4 Å². The van der Waals surface area contributed by atoms with E-state index >= 15 is 0 Å².